The first-order valence-corrected chi connectivity index (χ1v) is 8.92. The first-order valence-electron chi connectivity index (χ1n) is 8.92. The lowest BCUT2D eigenvalue weighted by molar-refractivity contribution is -0.156. The zero-order valence-corrected chi connectivity index (χ0v) is 22.3. The summed E-state index contributed by atoms with van der Waals surface area (Å²) < 4.78 is 3.97. The summed E-state index contributed by atoms with van der Waals surface area (Å²) in [6.45, 7) is 20.3. The number of ketones is 3. The molecule has 0 aliphatic rings. The van der Waals surface area contributed by atoms with Crippen molar-refractivity contribution in [2.75, 3.05) is 7.05 Å². The smallest absolute Gasteiger partial charge is 0.310 e. The first kappa shape index (κ1) is 57.2. The average Bonchev–Trinajstić information content (AvgIpc) is 2.63. The second-order valence-electron chi connectivity index (χ2n) is 4.95. The highest BCUT2D eigenvalue weighted by atomic mass is 16.6. The zero-order valence-electron chi connectivity index (χ0n) is 22.3. The summed E-state index contributed by atoms with van der Waals surface area (Å²) in [4.78, 5) is 68.3. The van der Waals surface area contributed by atoms with E-state index < -0.39 is 11.9 Å². The molecule has 0 saturated heterocycles. The van der Waals surface area contributed by atoms with Crippen LogP contribution in [0.3, 0.4) is 0 Å². The number of hydrogen-bond donors (Lipinski definition) is 1. The minimum absolute atomic E-state index is 0.167. The number of terminal acetylenes is 1. The van der Waals surface area contributed by atoms with Gasteiger partial charge in [0.1, 0.15) is 23.6 Å². The van der Waals surface area contributed by atoms with E-state index in [1.807, 2.05) is 0 Å². The number of nitrogens with two attached hydrogens (primary N) is 1. The lowest BCUT2D eigenvalue weighted by Crippen LogP contribution is -2.03. The number of carbonyl (C=O) groups is 7. The van der Waals surface area contributed by atoms with Gasteiger partial charge in [-0.1, -0.05) is 5.11 Å². The van der Waals surface area contributed by atoms with Crippen LogP contribution in [-0.2, 0) is 38.3 Å². The summed E-state index contributed by atoms with van der Waals surface area (Å²) in [5.74, 6) is -0.958. The van der Waals surface area contributed by atoms with Crippen LogP contribution < -0.4 is 5.73 Å². The fourth-order valence-electron chi connectivity index (χ4n) is 0.202. The van der Waals surface area contributed by atoms with Gasteiger partial charge in [-0.3, -0.25) is 14.4 Å². The molecule has 0 aromatic rings. The molecule has 0 unspecified atom stereocenters. The molecule has 0 aromatic heterocycles. The monoisotopic (exact) mass is 490 g/mol. The van der Waals surface area contributed by atoms with Gasteiger partial charge in [0.2, 0.25) is 5.91 Å². The van der Waals surface area contributed by atoms with Crippen molar-refractivity contribution in [3.63, 3.8) is 0 Å². The molecule has 2 N–H and O–H groups in total. The number of esters is 2. The topological polar surface area (TPSA) is 204 Å². The minimum Gasteiger partial charge on any atom is -0.394 e. The highest BCUT2D eigenvalue weighted by Crippen LogP contribution is 1.73. The number of amides is 1. The molecule has 0 atom stereocenters. The Balaban J connectivity index is -0.0000000303. The average molecular weight is 491 g/mol. The van der Waals surface area contributed by atoms with E-state index >= 15 is 0 Å². The van der Waals surface area contributed by atoms with E-state index in [2.05, 4.69) is 46.5 Å². The molecular formula is C22H42N4O8. The predicted octanol–water partition coefficient (Wildman–Crippen LogP) is 3.56. The number of rotatable bonds is 0. The van der Waals surface area contributed by atoms with Crippen LogP contribution in [0.4, 0.5) is 0 Å². The van der Waals surface area contributed by atoms with E-state index in [1.165, 1.54) is 76.3 Å². The van der Waals surface area contributed by atoms with Crippen molar-refractivity contribution in [2.45, 2.75) is 69.2 Å². The summed E-state index contributed by atoms with van der Waals surface area (Å²) in [6, 6.07) is 0. The lowest BCUT2D eigenvalue weighted by Gasteiger charge is -1.87. The van der Waals surface area contributed by atoms with Crippen LogP contribution in [0, 0.1) is 12.8 Å². The number of Topliss-reactive ketones (excluding diaryl/α,β-unsaturated/α-hetero) is 3. The van der Waals surface area contributed by atoms with E-state index in [4.69, 9.17) is 10.3 Å². The highest BCUT2D eigenvalue weighted by molar-refractivity contribution is 5.82. The van der Waals surface area contributed by atoms with Crippen molar-refractivity contribution in [3.8, 4) is 12.8 Å². The number of ether oxygens (including phenoxy) is 1. The molecule has 12 nitrogen and oxygen atoms in total. The van der Waals surface area contributed by atoms with Gasteiger partial charge in [-0.05, 0) is 54.0 Å². The molecule has 0 fully saturated rings. The number of hydrogen-bond acceptors (Lipinski definition) is 9. The van der Waals surface area contributed by atoms with Gasteiger partial charge in [-0.15, -0.1) is 26.0 Å². The molecule has 0 heterocycles. The van der Waals surface area contributed by atoms with E-state index in [9.17, 15) is 28.8 Å². The lowest BCUT2D eigenvalue weighted by atomic mass is 10.6. The predicted molar refractivity (Wildman–Crippen MR) is 134 cm³/mol. The highest BCUT2D eigenvalue weighted by Gasteiger charge is 1.93. The van der Waals surface area contributed by atoms with E-state index in [1.54, 1.807) is 0 Å². The first-order chi connectivity index (χ1) is 15.4. The molecule has 0 aromatic carbocycles. The number of primary amides is 1. The normalized spacial score (nSPS) is 5.68. The molecule has 12 heteroatoms. The number of azide groups is 1. The van der Waals surface area contributed by atoms with Crippen molar-refractivity contribution in [3.05, 3.63) is 23.6 Å². The van der Waals surface area contributed by atoms with Crippen molar-refractivity contribution >= 4 is 41.5 Å². The van der Waals surface area contributed by atoms with Gasteiger partial charge >= 0.3 is 11.9 Å². The Morgan fingerprint density at radius 3 is 0.882 bits per heavy atom. The van der Waals surface area contributed by atoms with E-state index in [-0.39, 0.29) is 23.3 Å². The third-order valence-electron chi connectivity index (χ3n) is 0.377. The maximum Gasteiger partial charge on any atom is 0.310 e. The Morgan fingerprint density at radius 1 is 0.794 bits per heavy atom. The minimum atomic E-state index is -0.562. The van der Waals surface area contributed by atoms with Crippen LogP contribution in [0.5, 0.6) is 0 Å². The SMILES string of the molecule is C#C.C=C.CC(=O)OC(C)=O.CC(C)=O.CC(C)=O.CC(C)=O.CC(N)=O.CC=O.CN=[N+]=[N-]. The Kier molecular flexibility index (Phi) is 118. The summed E-state index contributed by atoms with van der Waals surface area (Å²) >= 11 is 0. The van der Waals surface area contributed by atoms with Gasteiger partial charge in [0.05, 0.1) is 0 Å². The van der Waals surface area contributed by atoms with Crippen molar-refractivity contribution in [1.82, 2.24) is 0 Å². The third kappa shape index (κ3) is 24900. The zero-order chi connectivity index (χ0) is 30.3. The Labute approximate surface area is 203 Å². The Morgan fingerprint density at radius 2 is 0.882 bits per heavy atom. The van der Waals surface area contributed by atoms with Gasteiger partial charge in [0.15, 0.2) is 0 Å². The Bertz CT molecular complexity index is 519. The summed E-state index contributed by atoms with van der Waals surface area (Å²) in [5, 5.41) is 2.92. The maximum atomic E-state index is 9.81. The second kappa shape index (κ2) is 70.2. The summed E-state index contributed by atoms with van der Waals surface area (Å²) in [7, 11) is 1.39. The second-order valence-corrected chi connectivity index (χ2v) is 4.95. The van der Waals surface area contributed by atoms with Crippen molar-refractivity contribution in [2.24, 2.45) is 10.8 Å². The molecule has 0 bridgehead atoms. The fourth-order valence-corrected chi connectivity index (χ4v) is 0.202. The molecule has 0 aliphatic heterocycles. The standard InChI is InChI=1S/C4H6O3.3C3H6O.C2H5NO.C2H4O.C2H4.C2H2.CH3N3/c1-3(5)7-4(2)6;3*1-3(2)4;1-2(3)4;1-2-3;2*1-2;1-3-4-2/h1-2H3;3*1-2H3;1H3,(H2,3,4);2H,1H3;1-2H2;1-2H;1H3. The molecule has 0 aliphatic carbocycles. The summed E-state index contributed by atoms with van der Waals surface area (Å²) in [5.41, 5.74) is 11.8. The molecule has 1 amide bonds. The van der Waals surface area contributed by atoms with Gasteiger partial charge in [0, 0.05) is 32.7 Å². The van der Waals surface area contributed by atoms with Gasteiger partial charge < -0.3 is 29.6 Å². The molecule has 198 valence electrons. The van der Waals surface area contributed by atoms with Crippen LogP contribution in [-0.4, -0.2) is 48.5 Å². The van der Waals surface area contributed by atoms with Crippen LogP contribution in [0.2, 0.25) is 0 Å². The number of aldehydes is 1. The van der Waals surface area contributed by atoms with Crippen molar-refractivity contribution < 1.29 is 38.3 Å². The Hall–Kier alpha value is -4.10. The van der Waals surface area contributed by atoms with Crippen molar-refractivity contribution in [1.29, 1.82) is 0 Å². The van der Waals surface area contributed by atoms with Gasteiger partial charge in [0.25, 0.3) is 0 Å². The van der Waals surface area contributed by atoms with Crippen LogP contribution in [0.15, 0.2) is 18.3 Å². The molecule has 0 spiro atoms. The quantitative estimate of drug-likeness (QED) is 0.0774. The number of nitrogens with zero attached hydrogens (tertiary/aromatic N) is 3. The molecule has 0 radical (unpaired) electrons. The van der Waals surface area contributed by atoms with Gasteiger partial charge in [-0.2, -0.15) is 0 Å². The molecule has 0 rings (SSSR count). The largest absolute Gasteiger partial charge is 0.394 e. The van der Waals surface area contributed by atoms with E-state index in [0.29, 0.717) is 0 Å². The van der Waals surface area contributed by atoms with Gasteiger partial charge in [-0.25, -0.2) is 0 Å². The summed E-state index contributed by atoms with van der Waals surface area (Å²) in [6.07, 6.45) is 8.75. The molecular weight excluding hydrogens is 448 g/mol. The molecule has 34 heavy (non-hydrogen) atoms. The van der Waals surface area contributed by atoms with Crippen LogP contribution in [0.1, 0.15) is 69.2 Å². The third-order valence-corrected chi connectivity index (χ3v) is 0.377. The number of carbonyl (C=O) groups excluding carboxylic acids is 7. The fraction of sp³-hybridized carbons (Fsp3) is 0.500. The maximum absolute atomic E-state index is 9.81. The van der Waals surface area contributed by atoms with Crippen LogP contribution in [0.25, 0.3) is 10.4 Å². The van der Waals surface area contributed by atoms with Crippen LogP contribution >= 0.6 is 0 Å². The molecule has 0 saturated carbocycles. The van der Waals surface area contributed by atoms with E-state index in [0.717, 1.165) is 6.29 Å².